The largest absolute Gasteiger partial charge is 0.383 e. The quantitative estimate of drug-likeness (QED) is 0.777. The molecule has 2 unspecified atom stereocenters. The molecule has 2 atom stereocenters. The van der Waals surface area contributed by atoms with E-state index in [1.54, 1.807) is 0 Å². The zero-order chi connectivity index (χ0) is 15.7. The van der Waals surface area contributed by atoms with Crippen LogP contribution in [0.1, 0.15) is 34.6 Å². The predicted molar refractivity (Wildman–Crippen MR) is 86.7 cm³/mol. The summed E-state index contributed by atoms with van der Waals surface area (Å²) in [6, 6.07) is 9.23. The summed E-state index contributed by atoms with van der Waals surface area (Å²) in [5.74, 6) is 0. The molecule has 3 heteroatoms. The maximum atomic E-state index is 11.0. The molecule has 21 heavy (non-hydrogen) atoms. The van der Waals surface area contributed by atoms with Crippen molar-refractivity contribution in [1.82, 2.24) is 0 Å². The number of benzene rings is 1. The third-order valence-electron chi connectivity index (χ3n) is 3.78. The van der Waals surface area contributed by atoms with Crippen LogP contribution in [-0.2, 0) is 0 Å². The van der Waals surface area contributed by atoms with E-state index in [0.29, 0.717) is 0 Å². The van der Waals surface area contributed by atoms with Gasteiger partial charge in [0, 0.05) is 0 Å². The Bertz CT molecular complexity index is 589. The van der Waals surface area contributed by atoms with Gasteiger partial charge in [0.2, 0.25) is 0 Å². The molecule has 0 amide bonds. The maximum absolute atomic E-state index is 11.0. The number of hydrogen-bond acceptors (Lipinski definition) is 3. The number of allylic oxidation sites excluding steroid dienone is 2. The Hall–Kier alpha value is -1.74. The fourth-order valence-electron chi connectivity index (χ4n) is 2.74. The van der Waals surface area contributed by atoms with E-state index in [-0.39, 0.29) is 11.5 Å². The summed E-state index contributed by atoms with van der Waals surface area (Å²) in [6.07, 6.45) is 4.04. The van der Waals surface area contributed by atoms with Crippen LogP contribution < -0.4 is 0 Å². The molecule has 0 aliphatic heterocycles. The molecule has 0 fully saturated rings. The summed E-state index contributed by atoms with van der Waals surface area (Å²) in [7, 11) is 0. The minimum absolute atomic E-state index is 0.112. The van der Waals surface area contributed by atoms with Crippen LogP contribution in [0.4, 0.5) is 5.69 Å². The van der Waals surface area contributed by atoms with E-state index in [0.717, 1.165) is 16.8 Å². The highest BCUT2D eigenvalue weighted by Crippen LogP contribution is 2.41. The van der Waals surface area contributed by atoms with Gasteiger partial charge in [-0.2, -0.15) is 10.2 Å². The van der Waals surface area contributed by atoms with E-state index in [2.05, 4.69) is 37.1 Å². The Kier molecular flexibility index (Phi) is 4.15. The number of rotatable bonds is 2. The molecule has 1 aromatic rings. The summed E-state index contributed by atoms with van der Waals surface area (Å²) >= 11 is 0. The Balaban J connectivity index is 2.33. The lowest BCUT2D eigenvalue weighted by Crippen LogP contribution is -2.44. The van der Waals surface area contributed by atoms with Crippen LogP contribution in [0.25, 0.3) is 0 Å². The van der Waals surface area contributed by atoms with E-state index in [1.807, 2.05) is 50.3 Å². The van der Waals surface area contributed by atoms with Gasteiger partial charge in [0.1, 0.15) is 11.6 Å². The van der Waals surface area contributed by atoms with E-state index in [4.69, 9.17) is 0 Å². The first-order valence-corrected chi connectivity index (χ1v) is 7.30. The minimum Gasteiger partial charge on any atom is -0.383 e. The molecule has 3 nitrogen and oxygen atoms in total. The average molecular weight is 284 g/mol. The predicted octanol–water partition coefficient (Wildman–Crippen LogP) is 4.82. The summed E-state index contributed by atoms with van der Waals surface area (Å²) < 4.78 is 0. The van der Waals surface area contributed by atoms with E-state index < -0.39 is 5.60 Å². The molecule has 1 aromatic carbocycles. The van der Waals surface area contributed by atoms with Crippen LogP contribution in [0.15, 0.2) is 63.9 Å². The van der Waals surface area contributed by atoms with Gasteiger partial charge in [-0.1, -0.05) is 56.7 Å². The minimum atomic E-state index is -1.02. The molecule has 0 saturated heterocycles. The molecule has 0 saturated carbocycles. The lowest BCUT2D eigenvalue weighted by Gasteiger charge is -2.40. The molecule has 1 N–H and O–H groups in total. The van der Waals surface area contributed by atoms with Crippen molar-refractivity contribution in [1.29, 1.82) is 0 Å². The van der Waals surface area contributed by atoms with Gasteiger partial charge in [-0.25, -0.2) is 0 Å². The fourth-order valence-corrected chi connectivity index (χ4v) is 2.74. The van der Waals surface area contributed by atoms with Gasteiger partial charge < -0.3 is 5.11 Å². The van der Waals surface area contributed by atoms with Crippen molar-refractivity contribution in [3.63, 3.8) is 0 Å². The van der Waals surface area contributed by atoms with Crippen LogP contribution in [0.5, 0.6) is 0 Å². The van der Waals surface area contributed by atoms with Crippen molar-refractivity contribution in [3.05, 3.63) is 53.6 Å². The van der Waals surface area contributed by atoms with Crippen molar-refractivity contribution >= 4 is 5.69 Å². The van der Waals surface area contributed by atoms with Crippen LogP contribution in [-0.4, -0.2) is 16.7 Å². The molecule has 0 bridgehead atoms. The normalized spacial score (nSPS) is 26.7. The van der Waals surface area contributed by atoms with Gasteiger partial charge in [-0.05, 0) is 37.0 Å². The van der Waals surface area contributed by atoms with Crippen LogP contribution in [0, 0.1) is 5.41 Å². The summed E-state index contributed by atoms with van der Waals surface area (Å²) in [5.41, 5.74) is 1.77. The second-order valence-corrected chi connectivity index (χ2v) is 6.86. The van der Waals surface area contributed by atoms with Crippen molar-refractivity contribution < 1.29 is 5.11 Å². The van der Waals surface area contributed by atoms with Crippen LogP contribution >= 0.6 is 0 Å². The van der Waals surface area contributed by atoms with Crippen molar-refractivity contribution in [2.24, 2.45) is 15.6 Å². The topological polar surface area (TPSA) is 45.0 Å². The Morgan fingerprint density at radius 3 is 2.33 bits per heavy atom. The second-order valence-electron chi connectivity index (χ2n) is 6.86. The fraction of sp³-hybridized carbons (Fsp3) is 0.444. The van der Waals surface area contributed by atoms with E-state index in [9.17, 15) is 5.11 Å². The van der Waals surface area contributed by atoms with Gasteiger partial charge in [-0.15, -0.1) is 0 Å². The average Bonchev–Trinajstić information content (AvgIpc) is 2.39. The summed E-state index contributed by atoms with van der Waals surface area (Å²) in [6.45, 7) is 10.2. The lowest BCUT2D eigenvalue weighted by molar-refractivity contribution is 0.0625. The number of aliphatic hydroxyl groups is 1. The highest BCUT2D eigenvalue weighted by Gasteiger charge is 2.41. The molecular formula is C18H24N2O. The smallest absolute Gasteiger partial charge is 0.122 e. The SMILES string of the molecule is CC1=CC(N=Nc2ccccc2)C(C)(O)C(C(C)(C)C)=C1. The van der Waals surface area contributed by atoms with Crippen LogP contribution in [0.3, 0.4) is 0 Å². The molecule has 0 spiro atoms. The van der Waals surface area contributed by atoms with Crippen molar-refractivity contribution in [2.75, 3.05) is 0 Å². The Labute approximate surface area is 127 Å². The summed E-state index contributed by atoms with van der Waals surface area (Å²) in [4.78, 5) is 0. The van der Waals surface area contributed by atoms with E-state index in [1.165, 1.54) is 0 Å². The van der Waals surface area contributed by atoms with Gasteiger partial charge >= 0.3 is 0 Å². The monoisotopic (exact) mass is 284 g/mol. The Morgan fingerprint density at radius 2 is 1.76 bits per heavy atom. The highest BCUT2D eigenvalue weighted by atomic mass is 16.3. The molecule has 2 rings (SSSR count). The molecule has 112 valence electrons. The maximum Gasteiger partial charge on any atom is 0.122 e. The molecule has 0 heterocycles. The summed E-state index contributed by atoms with van der Waals surface area (Å²) in [5, 5.41) is 19.6. The highest BCUT2D eigenvalue weighted by molar-refractivity contribution is 5.41. The van der Waals surface area contributed by atoms with Gasteiger partial charge in [-0.3, -0.25) is 0 Å². The first-order valence-electron chi connectivity index (χ1n) is 7.30. The standard InChI is InChI=1S/C18H24N2O/c1-13-11-15(17(2,3)4)18(5,21)16(12-13)20-19-14-9-7-6-8-10-14/h6-12,16,21H,1-5H3. The molecular weight excluding hydrogens is 260 g/mol. The van der Waals surface area contributed by atoms with Crippen LogP contribution in [0.2, 0.25) is 0 Å². The van der Waals surface area contributed by atoms with E-state index >= 15 is 0 Å². The van der Waals surface area contributed by atoms with Gasteiger partial charge in [0.25, 0.3) is 0 Å². The third kappa shape index (κ3) is 3.48. The third-order valence-corrected chi connectivity index (χ3v) is 3.78. The Morgan fingerprint density at radius 1 is 1.14 bits per heavy atom. The second kappa shape index (κ2) is 5.57. The van der Waals surface area contributed by atoms with Gasteiger partial charge in [0.05, 0.1) is 5.69 Å². The number of azo groups is 1. The zero-order valence-electron chi connectivity index (χ0n) is 13.5. The van der Waals surface area contributed by atoms with Crippen molar-refractivity contribution in [3.8, 4) is 0 Å². The first-order chi connectivity index (χ1) is 9.71. The molecule has 1 aliphatic carbocycles. The van der Waals surface area contributed by atoms with Gasteiger partial charge in [0.15, 0.2) is 0 Å². The first kappa shape index (κ1) is 15.6. The lowest BCUT2D eigenvalue weighted by atomic mass is 9.70. The molecule has 0 aromatic heterocycles. The number of nitrogens with zero attached hydrogens (tertiary/aromatic N) is 2. The molecule has 0 radical (unpaired) electrons. The zero-order valence-corrected chi connectivity index (χ0v) is 13.5. The molecule has 1 aliphatic rings. The van der Waals surface area contributed by atoms with Crippen molar-refractivity contribution in [2.45, 2.75) is 46.3 Å². The number of hydrogen-bond donors (Lipinski definition) is 1.